The molecular formula is C9H9N3O4S. The van der Waals surface area contributed by atoms with Crippen LogP contribution in [0.25, 0.3) is 0 Å². The standard InChI is InChI=1S/C9H9N3O4S/c1-10-2-3-17-9-7(10)4-6(11(13)14)5-8(9)12(15)16/h4-5H,2-3H2,1H3. The lowest BCUT2D eigenvalue weighted by molar-refractivity contribution is -0.395. The van der Waals surface area contributed by atoms with Crippen molar-refractivity contribution in [2.45, 2.75) is 4.90 Å². The first-order chi connectivity index (χ1) is 8.00. The second kappa shape index (κ2) is 4.21. The van der Waals surface area contributed by atoms with Crippen LogP contribution in [0.4, 0.5) is 17.1 Å². The summed E-state index contributed by atoms with van der Waals surface area (Å²) < 4.78 is 0. The van der Waals surface area contributed by atoms with E-state index in [1.807, 2.05) is 0 Å². The van der Waals surface area contributed by atoms with Gasteiger partial charge in [0.1, 0.15) is 4.90 Å². The molecule has 0 fully saturated rings. The summed E-state index contributed by atoms with van der Waals surface area (Å²) in [7, 11) is 1.77. The van der Waals surface area contributed by atoms with Crippen LogP contribution in [0.5, 0.6) is 0 Å². The van der Waals surface area contributed by atoms with E-state index in [-0.39, 0.29) is 11.4 Å². The maximum absolute atomic E-state index is 10.9. The summed E-state index contributed by atoms with van der Waals surface area (Å²) in [5.41, 5.74) is 0.123. The molecule has 1 aliphatic heterocycles. The summed E-state index contributed by atoms with van der Waals surface area (Å²) in [5, 5.41) is 21.6. The summed E-state index contributed by atoms with van der Waals surface area (Å²) >= 11 is 1.36. The number of rotatable bonds is 2. The van der Waals surface area contributed by atoms with Gasteiger partial charge in [0, 0.05) is 25.4 Å². The fourth-order valence-electron chi connectivity index (χ4n) is 1.66. The van der Waals surface area contributed by atoms with Crippen molar-refractivity contribution in [1.82, 2.24) is 0 Å². The Hall–Kier alpha value is -1.83. The summed E-state index contributed by atoms with van der Waals surface area (Å²) in [6.07, 6.45) is 0. The van der Waals surface area contributed by atoms with Gasteiger partial charge in [0.15, 0.2) is 0 Å². The Bertz CT molecular complexity index is 505. The molecule has 0 saturated carbocycles. The Kier molecular flexibility index (Phi) is 2.88. The molecule has 1 aromatic rings. The Morgan fingerprint density at radius 1 is 1.29 bits per heavy atom. The van der Waals surface area contributed by atoms with Gasteiger partial charge >= 0.3 is 0 Å². The molecule has 0 saturated heterocycles. The van der Waals surface area contributed by atoms with Crippen molar-refractivity contribution in [2.75, 3.05) is 24.2 Å². The largest absolute Gasteiger partial charge is 0.372 e. The molecule has 1 aromatic carbocycles. The first kappa shape index (κ1) is 11.6. The SMILES string of the molecule is CN1CCSc2c1cc([N+](=O)[O-])cc2[N+](=O)[O-]. The van der Waals surface area contributed by atoms with E-state index in [4.69, 9.17) is 0 Å². The molecule has 0 aliphatic carbocycles. The number of non-ortho nitro benzene ring substituents is 1. The van der Waals surface area contributed by atoms with Crippen LogP contribution in [0.2, 0.25) is 0 Å². The van der Waals surface area contributed by atoms with Crippen LogP contribution in [0.15, 0.2) is 17.0 Å². The molecule has 2 rings (SSSR count). The zero-order valence-corrected chi connectivity index (χ0v) is 9.77. The van der Waals surface area contributed by atoms with Crippen molar-refractivity contribution in [3.63, 3.8) is 0 Å². The van der Waals surface area contributed by atoms with Crippen LogP contribution < -0.4 is 4.90 Å². The molecule has 0 aromatic heterocycles. The monoisotopic (exact) mass is 255 g/mol. The van der Waals surface area contributed by atoms with Crippen LogP contribution in [-0.2, 0) is 0 Å². The van der Waals surface area contributed by atoms with Crippen molar-refractivity contribution in [1.29, 1.82) is 0 Å². The lowest BCUT2D eigenvalue weighted by Crippen LogP contribution is -2.24. The van der Waals surface area contributed by atoms with Crippen molar-refractivity contribution < 1.29 is 9.85 Å². The van der Waals surface area contributed by atoms with Gasteiger partial charge in [-0.1, -0.05) is 0 Å². The highest BCUT2D eigenvalue weighted by molar-refractivity contribution is 7.99. The molecule has 0 unspecified atom stereocenters. The molecule has 1 heterocycles. The van der Waals surface area contributed by atoms with E-state index < -0.39 is 9.85 Å². The smallest absolute Gasteiger partial charge is 0.291 e. The molecule has 1 aliphatic rings. The van der Waals surface area contributed by atoms with E-state index in [0.717, 1.165) is 18.4 Å². The van der Waals surface area contributed by atoms with E-state index in [2.05, 4.69) is 0 Å². The first-order valence-corrected chi connectivity index (χ1v) is 5.80. The van der Waals surface area contributed by atoms with Gasteiger partial charge in [-0.15, -0.1) is 11.8 Å². The number of hydrogen-bond acceptors (Lipinski definition) is 6. The number of nitro groups is 2. The predicted molar refractivity (Wildman–Crippen MR) is 63.7 cm³/mol. The second-order valence-electron chi connectivity index (χ2n) is 3.60. The number of nitrogens with zero attached hydrogens (tertiary/aromatic N) is 3. The molecule has 0 N–H and O–H groups in total. The molecule has 8 heteroatoms. The van der Waals surface area contributed by atoms with Gasteiger partial charge in [-0.2, -0.15) is 0 Å². The highest BCUT2D eigenvalue weighted by Gasteiger charge is 2.28. The third-order valence-electron chi connectivity index (χ3n) is 2.53. The Morgan fingerprint density at radius 3 is 2.59 bits per heavy atom. The molecule has 0 bridgehead atoms. The quantitative estimate of drug-likeness (QED) is 0.593. The van der Waals surface area contributed by atoms with Crippen LogP contribution in [0, 0.1) is 20.2 Å². The number of fused-ring (bicyclic) bond motifs is 1. The molecule has 17 heavy (non-hydrogen) atoms. The minimum Gasteiger partial charge on any atom is -0.372 e. The van der Waals surface area contributed by atoms with Gasteiger partial charge in [0.05, 0.1) is 21.6 Å². The van der Waals surface area contributed by atoms with Crippen molar-refractivity contribution in [3.8, 4) is 0 Å². The Balaban J connectivity index is 2.66. The maximum atomic E-state index is 10.9. The number of hydrogen-bond donors (Lipinski definition) is 0. The predicted octanol–water partition coefficient (Wildman–Crippen LogP) is 2.04. The van der Waals surface area contributed by atoms with Gasteiger partial charge in [0.25, 0.3) is 11.4 Å². The average molecular weight is 255 g/mol. The Labute approximate surface area is 101 Å². The highest BCUT2D eigenvalue weighted by Crippen LogP contribution is 2.43. The van der Waals surface area contributed by atoms with Gasteiger partial charge < -0.3 is 4.90 Å². The highest BCUT2D eigenvalue weighted by atomic mass is 32.2. The van der Waals surface area contributed by atoms with Crippen LogP contribution in [0.1, 0.15) is 0 Å². The first-order valence-electron chi connectivity index (χ1n) is 4.81. The van der Waals surface area contributed by atoms with Crippen molar-refractivity contribution >= 4 is 28.8 Å². The molecular weight excluding hydrogens is 246 g/mol. The van der Waals surface area contributed by atoms with E-state index in [9.17, 15) is 20.2 Å². The lowest BCUT2D eigenvalue weighted by atomic mass is 10.2. The minimum atomic E-state index is -0.611. The Morgan fingerprint density at radius 2 is 2.00 bits per heavy atom. The number of benzene rings is 1. The number of anilines is 1. The minimum absolute atomic E-state index is 0.189. The number of thioether (sulfide) groups is 1. The summed E-state index contributed by atoms with van der Waals surface area (Å²) in [4.78, 5) is 22.8. The zero-order valence-electron chi connectivity index (χ0n) is 8.95. The fraction of sp³-hybridized carbons (Fsp3) is 0.333. The molecule has 90 valence electrons. The molecule has 0 radical (unpaired) electrons. The van der Waals surface area contributed by atoms with Gasteiger partial charge in [-0.25, -0.2) is 0 Å². The van der Waals surface area contributed by atoms with Crippen molar-refractivity contribution in [2.24, 2.45) is 0 Å². The van der Waals surface area contributed by atoms with E-state index in [0.29, 0.717) is 10.6 Å². The van der Waals surface area contributed by atoms with E-state index in [1.54, 1.807) is 11.9 Å². The van der Waals surface area contributed by atoms with Gasteiger partial charge in [-0.05, 0) is 0 Å². The third kappa shape index (κ3) is 2.03. The van der Waals surface area contributed by atoms with Crippen LogP contribution in [-0.4, -0.2) is 29.2 Å². The molecule has 0 spiro atoms. The van der Waals surface area contributed by atoms with Crippen LogP contribution >= 0.6 is 11.8 Å². The third-order valence-corrected chi connectivity index (χ3v) is 3.62. The van der Waals surface area contributed by atoms with Crippen LogP contribution in [0.3, 0.4) is 0 Å². The van der Waals surface area contributed by atoms with Gasteiger partial charge in [0.2, 0.25) is 0 Å². The van der Waals surface area contributed by atoms with Gasteiger partial charge in [-0.3, -0.25) is 20.2 Å². The average Bonchev–Trinajstić information content (AvgIpc) is 2.28. The van der Waals surface area contributed by atoms with Crippen molar-refractivity contribution in [3.05, 3.63) is 32.4 Å². The zero-order chi connectivity index (χ0) is 12.6. The summed E-state index contributed by atoms with van der Waals surface area (Å²) in [6, 6.07) is 2.40. The second-order valence-corrected chi connectivity index (χ2v) is 4.70. The lowest BCUT2D eigenvalue weighted by Gasteiger charge is -2.26. The summed E-state index contributed by atoms with van der Waals surface area (Å²) in [6.45, 7) is 0.718. The molecule has 0 amide bonds. The van der Waals surface area contributed by atoms with E-state index in [1.165, 1.54) is 17.8 Å². The van der Waals surface area contributed by atoms with E-state index >= 15 is 0 Å². The topological polar surface area (TPSA) is 89.5 Å². The molecule has 0 atom stereocenters. The number of nitro benzene ring substituents is 2. The normalized spacial score (nSPS) is 14.3. The summed E-state index contributed by atoms with van der Waals surface area (Å²) in [5.74, 6) is 0.738. The maximum Gasteiger partial charge on any atom is 0.291 e. The molecule has 7 nitrogen and oxygen atoms in total. The fourth-order valence-corrected chi connectivity index (χ4v) is 2.87.